The molecule has 5 aromatic rings. The van der Waals surface area contributed by atoms with E-state index in [0.717, 1.165) is 27.7 Å². The van der Waals surface area contributed by atoms with Gasteiger partial charge >= 0.3 is 0 Å². The fourth-order valence-corrected chi connectivity index (χ4v) is 5.60. The van der Waals surface area contributed by atoms with Crippen LogP contribution in [0.25, 0.3) is 38.6 Å². The Bertz CT molecular complexity index is 1740. The molecule has 4 aromatic carbocycles. The number of benzene rings is 4. The lowest BCUT2D eigenvalue weighted by atomic mass is 9.82. The van der Waals surface area contributed by atoms with Crippen molar-refractivity contribution >= 4 is 21.8 Å². The van der Waals surface area contributed by atoms with Crippen molar-refractivity contribution in [2.45, 2.75) is 12.8 Å². The lowest BCUT2D eigenvalue weighted by Gasteiger charge is -2.22. The molecule has 0 aliphatic heterocycles. The minimum Gasteiger partial charge on any atom is -0.309 e. The summed E-state index contributed by atoms with van der Waals surface area (Å²) in [6, 6.07) is 33.1. The first-order chi connectivity index (χ1) is 17.7. The molecule has 0 radical (unpaired) electrons. The summed E-state index contributed by atoms with van der Waals surface area (Å²) in [5.74, 6) is 0.640. The van der Waals surface area contributed by atoms with Gasteiger partial charge in [0.15, 0.2) is 0 Å². The Morgan fingerprint density at radius 2 is 1.42 bits per heavy atom. The number of nitrogens with zero attached hydrogens (tertiary/aromatic N) is 3. The smallest absolute Gasteiger partial charge is 0.0998 e. The number of fused-ring (bicyclic) bond motifs is 3. The second-order valence-electron chi connectivity index (χ2n) is 9.22. The molecule has 1 heterocycles. The standard InChI is InChI=1S/C33H23N3/c1-22-10-5-6-15-26(22)27-16-9-19-30-32(27)29-18-8-17-28(31-23(20-34)11-7-12-24(31)21-35)33(29)36(30)25-13-3-2-4-14-25/h2-19,22,26H,1H3. The van der Waals surface area contributed by atoms with Gasteiger partial charge in [0.1, 0.15) is 0 Å². The Hall–Kier alpha value is -4.86. The monoisotopic (exact) mass is 461 g/mol. The van der Waals surface area contributed by atoms with Crippen LogP contribution in [0.1, 0.15) is 29.5 Å². The first-order valence-electron chi connectivity index (χ1n) is 12.1. The van der Waals surface area contributed by atoms with Gasteiger partial charge in [0, 0.05) is 33.5 Å². The highest BCUT2D eigenvalue weighted by Gasteiger charge is 2.25. The third-order valence-corrected chi connectivity index (χ3v) is 7.20. The van der Waals surface area contributed by atoms with Crippen molar-refractivity contribution in [3.05, 3.63) is 126 Å². The Balaban J connectivity index is 1.81. The van der Waals surface area contributed by atoms with Gasteiger partial charge in [-0.15, -0.1) is 0 Å². The maximum absolute atomic E-state index is 9.96. The molecular weight excluding hydrogens is 438 g/mol. The summed E-state index contributed by atoms with van der Waals surface area (Å²) in [4.78, 5) is 0. The van der Waals surface area contributed by atoms with Gasteiger partial charge in [-0.1, -0.05) is 85.8 Å². The van der Waals surface area contributed by atoms with Gasteiger partial charge in [-0.05, 0) is 41.8 Å². The third kappa shape index (κ3) is 3.26. The largest absolute Gasteiger partial charge is 0.309 e. The second-order valence-corrected chi connectivity index (χ2v) is 9.22. The summed E-state index contributed by atoms with van der Waals surface area (Å²) in [7, 11) is 0. The van der Waals surface area contributed by atoms with Gasteiger partial charge in [0.05, 0.1) is 34.3 Å². The van der Waals surface area contributed by atoms with Gasteiger partial charge in [-0.2, -0.15) is 10.5 Å². The van der Waals surface area contributed by atoms with Crippen LogP contribution < -0.4 is 0 Å². The summed E-state index contributed by atoms with van der Waals surface area (Å²) in [5, 5.41) is 22.3. The normalized spacial score (nSPS) is 16.8. The fourth-order valence-electron chi connectivity index (χ4n) is 5.60. The SMILES string of the molecule is CC1C=CC=CC1c1cccc2c1c1cccc(-c3c(C#N)cccc3C#N)c1n2-c1ccccc1. The van der Waals surface area contributed by atoms with Crippen LogP contribution in [-0.2, 0) is 0 Å². The molecule has 36 heavy (non-hydrogen) atoms. The first kappa shape index (κ1) is 21.7. The average Bonchev–Trinajstić information content (AvgIpc) is 3.28. The molecule has 1 aliphatic carbocycles. The minimum absolute atomic E-state index is 0.262. The van der Waals surface area contributed by atoms with E-state index in [-0.39, 0.29) is 5.92 Å². The van der Waals surface area contributed by atoms with Crippen LogP contribution in [-0.4, -0.2) is 4.57 Å². The van der Waals surface area contributed by atoms with E-state index in [2.05, 4.69) is 84.3 Å². The molecule has 0 saturated heterocycles. The van der Waals surface area contributed by atoms with Crippen molar-refractivity contribution in [1.82, 2.24) is 4.57 Å². The molecule has 3 nitrogen and oxygen atoms in total. The minimum atomic E-state index is 0.262. The number of aromatic nitrogens is 1. The van der Waals surface area contributed by atoms with E-state index in [9.17, 15) is 10.5 Å². The number of hydrogen-bond acceptors (Lipinski definition) is 2. The first-order valence-corrected chi connectivity index (χ1v) is 12.1. The second kappa shape index (κ2) is 8.73. The summed E-state index contributed by atoms with van der Waals surface area (Å²) >= 11 is 0. The topological polar surface area (TPSA) is 52.5 Å². The van der Waals surface area contributed by atoms with Gasteiger partial charge in [-0.25, -0.2) is 0 Å². The summed E-state index contributed by atoms with van der Waals surface area (Å²) in [6.45, 7) is 2.26. The molecule has 0 N–H and O–H groups in total. The van der Waals surface area contributed by atoms with Crippen LogP contribution >= 0.6 is 0 Å². The van der Waals surface area contributed by atoms with E-state index in [0.29, 0.717) is 22.6 Å². The van der Waals surface area contributed by atoms with Gasteiger partial charge < -0.3 is 4.57 Å². The quantitative estimate of drug-likeness (QED) is 0.273. The van der Waals surface area contributed by atoms with Crippen LogP contribution in [0.15, 0.2) is 109 Å². The molecule has 1 aromatic heterocycles. The van der Waals surface area contributed by atoms with Crippen LogP contribution in [0.5, 0.6) is 0 Å². The van der Waals surface area contributed by atoms with Crippen molar-refractivity contribution in [2.24, 2.45) is 5.92 Å². The van der Waals surface area contributed by atoms with Crippen LogP contribution in [0.2, 0.25) is 0 Å². The summed E-state index contributed by atoms with van der Waals surface area (Å²) in [6.07, 6.45) is 8.80. The summed E-state index contributed by atoms with van der Waals surface area (Å²) < 4.78 is 2.28. The predicted octanol–water partition coefficient (Wildman–Crippen LogP) is 8.04. The zero-order valence-corrected chi connectivity index (χ0v) is 19.9. The Kier molecular flexibility index (Phi) is 5.25. The van der Waals surface area contributed by atoms with E-state index < -0.39 is 0 Å². The van der Waals surface area contributed by atoms with E-state index in [1.807, 2.05) is 30.3 Å². The van der Waals surface area contributed by atoms with E-state index >= 15 is 0 Å². The Morgan fingerprint density at radius 1 is 0.722 bits per heavy atom. The lowest BCUT2D eigenvalue weighted by molar-refractivity contribution is 0.639. The molecule has 170 valence electrons. The van der Waals surface area contributed by atoms with Crippen LogP contribution in [0, 0.1) is 28.6 Å². The number of rotatable bonds is 3. The highest BCUT2D eigenvalue weighted by molar-refractivity contribution is 6.15. The zero-order chi connectivity index (χ0) is 24.6. The van der Waals surface area contributed by atoms with Gasteiger partial charge in [-0.3, -0.25) is 0 Å². The molecule has 2 unspecified atom stereocenters. The molecule has 6 rings (SSSR count). The number of hydrogen-bond donors (Lipinski definition) is 0. The average molecular weight is 462 g/mol. The fraction of sp³-hybridized carbons (Fsp3) is 0.0909. The third-order valence-electron chi connectivity index (χ3n) is 7.20. The molecule has 0 amide bonds. The number of allylic oxidation sites excluding steroid dienone is 4. The van der Waals surface area contributed by atoms with Crippen LogP contribution in [0.4, 0.5) is 0 Å². The zero-order valence-electron chi connectivity index (χ0n) is 19.9. The van der Waals surface area contributed by atoms with E-state index in [1.54, 1.807) is 18.2 Å². The molecule has 2 atom stereocenters. The molecule has 0 spiro atoms. The number of para-hydroxylation sites is 2. The number of nitriles is 2. The van der Waals surface area contributed by atoms with Crippen molar-refractivity contribution in [2.75, 3.05) is 0 Å². The summed E-state index contributed by atoms with van der Waals surface area (Å²) in [5.41, 5.74) is 7.02. The predicted molar refractivity (Wildman–Crippen MR) is 146 cm³/mol. The van der Waals surface area contributed by atoms with Crippen LogP contribution in [0.3, 0.4) is 0 Å². The van der Waals surface area contributed by atoms with Crippen molar-refractivity contribution < 1.29 is 0 Å². The van der Waals surface area contributed by atoms with Crippen molar-refractivity contribution in [3.8, 4) is 29.0 Å². The molecule has 1 aliphatic rings. The molecular formula is C33H23N3. The van der Waals surface area contributed by atoms with Gasteiger partial charge in [0.2, 0.25) is 0 Å². The van der Waals surface area contributed by atoms with E-state index in [4.69, 9.17) is 0 Å². The maximum atomic E-state index is 9.96. The maximum Gasteiger partial charge on any atom is 0.0998 e. The molecule has 3 heteroatoms. The highest BCUT2D eigenvalue weighted by Crippen LogP contribution is 2.44. The Morgan fingerprint density at radius 3 is 2.14 bits per heavy atom. The van der Waals surface area contributed by atoms with Gasteiger partial charge in [0.25, 0.3) is 0 Å². The molecule has 0 bridgehead atoms. The highest BCUT2D eigenvalue weighted by atomic mass is 15.0. The molecule has 0 saturated carbocycles. The Labute approximate surface area is 210 Å². The van der Waals surface area contributed by atoms with Crippen molar-refractivity contribution in [3.63, 3.8) is 0 Å². The van der Waals surface area contributed by atoms with Crippen molar-refractivity contribution in [1.29, 1.82) is 10.5 Å². The molecule has 0 fully saturated rings. The lowest BCUT2D eigenvalue weighted by Crippen LogP contribution is -2.07. The van der Waals surface area contributed by atoms with E-state index in [1.165, 1.54) is 10.9 Å².